The molecule has 27 heavy (non-hydrogen) atoms. The van der Waals surface area contributed by atoms with Crippen LogP contribution in [-0.4, -0.2) is 32.4 Å². The van der Waals surface area contributed by atoms with E-state index in [2.05, 4.69) is 19.9 Å². The monoisotopic (exact) mass is 360 g/mol. The van der Waals surface area contributed by atoms with Crippen LogP contribution in [0, 0.1) is 11.3 Å². The third kappa shape index (κ3) is 3.23. The van der Waals surface area contributed by atoms with E-state index in [9.17, 15) is 0 Å². The second-order valence-corrected chi connectivity index (χ2v) is 7.12. The van der Waals surface area contributed by atoms with Crippen LogP contribution in [0.2, 0.25) is 0 Å². The van der Waals surface area contributed by atoms with Crippen LogP contribution in [-0.2, 0) is 6.42 Å². The van der Waals surface area contributed by atoms with Crippen molar-refractivity contribution in [3.63, 3.8) is 0 Å². The number of ether oxygens (including phenoxy) is 1. The Morgan fingerprint density at radius 2 is 1.70 bits per heavy atom. The number of nitrogens with zero attached hydrogens (tertiary/aromatic N) is 2. The Labute approximate surface area is 155 Å². The molecule has 4 aromatic rings. The fourth-order valence-electron chi connectivity index (χ4n) is 3.19. The maximum Gasteiger partial charge on any atom is 0.122 e. The Morgan fingerprint density at radius 1 is 1.04 bits per heavy atom. The highest BCUT2D eigenvalue weighted by Crippen LogP contribution is 2.30. The summed E-state index contributed by atoms with van der Waals surface area (Å²) in [5.74, 6) is 3.31. The van der Waals surface area contributed by atoms with Crippen LogP contribution in [0.3, 0.4) is 0 Å². The first kappa shape index (κ1) is 15.9. The van der Waals surface area contributed by atoms with E-state index in [-0.39, 0.29) is 5.84 Å². The Bertz CT molecular complexity index is 1150. The van der Waals surface area contributed by atoms with Crippen LogP contribution in [0.1, 0.15) is 30.1 Å². The number of nitrogens with one attached hydrogen (secondary N) is 3. The van der Waals surface area contributed by atoms with Crippen LogP contribution < -0.4 is 10.5 Å². The molecule has 0 saturated heterocycles. The average Bonchev–Trinajstić information content (AvgIpc) is 3.26. The molecular formula is C20H20N6O. The first-order chi connectivity index (χ1) is 13.1. The van der Waals surface area contributed by atoms with E-state index in [1.807, 2.05) is 30.3 Å². The van der Waals surface area contributed by atoms with E-state index >= 15 is 0 Å². The molecule has 5 rings (SSSR count). The van der Waals surface area contributed by atoms with Gasteiger partial charge in [-0.05, 0) is 49.1 Å². The lowest BCUT2D eigenvalue weighted by atomic mass is 10.2. The number of H-pyrrole nitrogens is 2. The summed E-state index contributed by atoms with van der Waals surface area (Å²) in [6, 6.07) is 11.5. The number of imidazole rings is 2. The molecule has 2 aromatic heterocycles. The molecule has 1 aliphatic rings. The van der Waals surface area contributed by atoms with Gasteiger partial charge in [0.25, 0.3) is 0 Å². The first-order valence-electron chi connectivity index (χ1n) is 9.08. The summed E-state index contributed by atoms with van der Waals surface area (Å²) in [7, 11) is 0. The molecule has 1 aliphatic carbocycles. The molecule has 2 aromatic carbocycles. The molecular weight excluding hydrogens is 340 g/mol. The third-order valence-electron chi connectivity index (χ3n) is 4.86. The topological polar surface area (TPSA) is 116 Å². The van der Waals surface area contributed by atoms with Crippen LogP contribution in [0.15, 0.2) is 36.4 Å². The quantitative estimate of drug-likeness (QED) is 0.312. The maximum atomic E-state index is 7.55. The van der Waals surface area contributed by atoms with Crippen molar-refractivity contribution in [3.05, 3.63) is 53.6 Å². The smallest absolute Gasteiger partial charge is 0.122 e. The number of amidine groups is 1. The number of fused-ring (bicyclic) bond motifs is 2. The van der Waals surface area contributed by atoms with E-state index in [1.54, 1.807) is 6.07 Å². The largest absolute Gasteiger partial charge is 0.493 e. The highest BCUT2D eigenvalue weighted by molar-refractivity contribution is 5.97. The van der Waals surface area contributed by atoms with Gasteiger partial charge in [-0.1, -0.05) is 0 Å². The van der Waals surface area contributed by atoms with Crippen molar-refractivity contribution in [2.45, 2.75) is 19.3 Å². The van der Waals surface area contributed by atoms with Gasteiger partial charge in [-0.2, -0.15) is 0 Å². The van der Waals surface area contributed by atoms with E-state index in [4.69, 9.17) is 15.9 Å². The standard InChI is InChI=1S/C20H20N6O/c21-20(22)12-3-5-14-16(7-12)25-18(23-14)9-19-24-15-6-4-13(8-17(15)26-19)27-10-11-1-2-11/h3-8,11H,1-2,9-10H2,(H3,21,22)(H,23,25)(H,24,26). The molecule has 0 bridgehead atoms. The number of benzene rings is 2. The number of aromatic nitrogens is 4. The molecule has 0 amide bonds. The summed E-state index contributed by atoms with van der Waals surface area (Å²) in [5, 5.41) is 7.55. The lowest BCUT2D eigenvalue weighted by Gasteiger charge is -2.04. The number of nitrogens with two attached hydrogens (primary N) is 1. The first-order valence-corrected chi connectivity index (χ1v) is 9.08. The summed E-state index contributed by atoms with van der Waals surface area (Å²) in [4.78, 5) is 15.9. The zero-order chi connectivity index (χ0) is 18.4. The Kier molecular flexibility index (Phi) is 3.60. The Morgan fingerprint density at radius 3 is 2.37 bits per heavy atom. The molecule has 2 heterocycles. The van der Waals surface area contributed by atoms with Crippen LogP contribution >= 0.6 is 0 Å². The van der Waals surface area contributed by atoms with E-state index < -0.39 is 0 Å². The summed E-state index contributed by atoms with van der Waals surface area (Å²) in [6.45, 7) is 0.799. The zero-order valence-electron chi connectivity index (χ0n) is 14.7. The third-order valence-corrected chi connectivity index (χ3v) is 4.86. The van der Waals surface area contributed by atoms with Crippen LogP contribution in [0.25, 0.3) is 22.1 Å². The summed E-state index contributed by atoms with van der Waals surface area (Å²) < 4.78 is 5.84. The Balaban J connectivity index is 1.38. The van der Waals surface area contributed by atoms with Crippen molar-refractivity contribution in [2.75, 3.05) is 6.61 Å². The molecule has 7 nitrogen and oxygen atoms in total. The molecule has 5 N–H and O–H groups in total. The molecule has 1 fully saturated rings. The van der Waals surface area contributed by atoms with Gasteiger partial charge in [-0.15, -0.1) is 0 Å². The van der Waals surface area contributed by atoms with E-state index in [0.29, 0.717) is 12.0 Å². The van der Waals surface area contributed by atoms with Gasteiger partial charge in [0.15, 0.2) is 0 Å². The highest BCUT2D eigenvalue weighted by Gasteiger charge is 2.22. The van der Waals surface area contributed by atoms with Gasteiger partial charge in [0.1, 0.15) is 23.2 Å². The molecule has 136 valence electrons. The normalized spacial score (nSPS) is 14.1. The number of hydrogen-bond acceptors (Lipinski definition) is 4. The van der Waals surface area contributed by atoms with Gasteiger partial charge in [0.2, 0.25) is 0 Å². The van der Waals surface area contributed by atoms with E-state index in [0.717, 1.165) is 52.0 Å². The highest BCUT2D eigenvalue weighted by atomic mass is 16.5. The zero-order valence-corrected chi connectivity index (χ0v) is 14.7. The van der Waals surface area contributed by atoms with E-state index in [1.165, 1.54) is 12.8 Å². The van der Waals surface area contributed by atoms with Gasteiger partial charge in [0, 0.05) is 11.6 Å². The van der Waals surface area contributed by atoms with Crippen molar-refractivity contribution in [1.82, 2.24) is 19.9 Å². The average molecular weight is 360 g/mol. The van der Waals surface area contributed by atoms with Gasteiger partial charge < -0.3 is 20.4 Å². The SMILES string of the molecule is N=C(N)c1ccc2nc(Cc3nc4ccc(OCC5CC5)cc4[nH]3)[nH]c2c1. The maximum absolute atomic E-state index is 7.55. The summed E-state index contributed by atoms with van der Waals surface area (Å²) >= 11 is 0. The molecule has 0 atom stereocenters. The number of aromatic amines is 2. The van der Waals surface area contributed by atoms with Crippen molar-refractivity contribution in [2.24, 2.45) is 11.7 Å². The molecule has 7 heteroatoms. The molecule has 0 spiro atoms. The second-order valence-electron chi connectivity index (χ2n) is 7.12. The lowest BCUT2D eigenvalue weighted by molar-refractivity contribution is 0.300. The van der Waals surface area contributed by atoms with Crippen molar-refractivity contribution < 1.29 is 4.74 Å². The molecule has 0 radical (unpaired) electrons. The predicted molar refractivity (Wildman–Crippen MR) is 104 cm³/mol. The minimum absolute atomic E-state index is 0.0463. The fourth-order valence-corrected chi connectivity index (χ4v) is 3.19. The second kappa shape index (κ2) is 6.12. The van der Waals surface area contributed by atoms with Gasteiger partial charge in [0.05, 0.1) is 35.1 Å². The van der Waals surface area contributed by atoms with Gasteiger partial charge in [-0.3, -0.25) is 5.41 Å². The van der Waals surface area contributed by atoms with Crippen LogP contribution in [0.4, 0.5) is 0 Å². The number of nitrogen functional groups attached to an aromatic ring is 1. The predicted octanol–water partition coefficient (Wildman–Crippen LogP) is 3.10. The summed E-state index contributed by atoms with van der Waals surface area (Å²) in [5.41, 5.74) is 9.83. The number of hydrogen-bond donors (Lipinski definition) is 4. The summed E-state index contributed by atoms with van der Waals surface area (Å²) in [6.07, 6.45) is 3.13. The molecule has 0 unspecified atom stereocenters. The minimum Gasteiger partial charge on any atom is -0.493 e. The Hall–Kier alpha value is -3.35. The molecule has 0 aliphatic heterocycles. The van der Waals surface area contributed by atoms with Crippen molar-refractivity contribution in [3.8, 4) is 5.75 Å². The molecule has 1 saturated carbocycles. The van der Waals surface area contributed by atoms with Gasteiger partial charge >= 0.3 is 0 Å². The van der Waals surface area contributed by atoms with Crippen molar-refractivity contribution >= 4 is 27.9 Å². The minimum atomic E-state index is 0.0463. The number of rotatable bonds is 6. The fraction of sp³-hybridized carbons (Fsp3) is 0.250. The van der Waals surface area contributed by atoms with Crippen LogP contribution in [0.5, 0.6) is 5.75 Å². The lowest BCUT2D eigenvalue weighted by Crippen LogP contribution is -2.10. The van der Waals surface area contributed by atoms with Crippen molar-refractivity contribution in [1.29, 1.82) is 5.41 Å². The van der Waals surface area contributed by atoms with Gasteiger partial charge in [-0.25, -0.2) is 9.97 Å².